The van der Waals surface area contributed by atoms with Gasteiger partial charge in [0.1, 0.15) is 11.6 Å². The van der Waals surface area contributed by atoms with Crippen LogP contribution < -0.4 is 15.4 Å². The molecule has 3 rings (SSSR count). The van der Waals surface area contributed by atoms with E-state index in [1.807, 2.05) is 31.2 Å². The van der Waals surface area contributed by atoms with Crippen LogP contribution in [0.1, 0.15) is 43.4 Å². The second kappa shape index (κ2) is 7.51. The van der Waals surface area contributed by atoms with Gasteiger partial charge in [-0.25, -0.2) is 4.98 Å². The summed E-state index contributed by atoms with van der Waals surface area (Å²) in [7, 11) is 1.67. The molecule has 0 bridgehead atoms. The zero-order chi connectivity index (χ0) is 16.9. The first-order valence-corrected chi connectivity index (χ1v) is 8.68. The van der Waals surface area contributed by atoms with E-state index in [9.17, 15) is 0 Å². The lowest BCUT2D eigenvalue weighted by Gasteiger charge is -2.23. The van der Waals surface area contributed by atoms with Crippen molar-refractivity contribution in [2.75, 3.05) is 17.7 Å². The van der Waals surface area contributed by atoms with E-state index in [1.165, 1.54) is 32.1 Å². The van der Waals surface area contributed by atoms with Gasteiger partial charge in [0, 0.05) is 17.8 Å². The first-order valence-electron chi connectivity index (χ1n) is 8.68. The fourth-order valence-electron chi connectivity index (χ4n) is 3.19. The average molecular weight is 326 g/mol. The number of ether oxygens (including phenoxy) is 1. The van der Waals surface area contributed by atoms with E-state index in [0.29, 0.717) is 12.0 Å². The maximum absolute atomic E-state index is 5.42. The van der Waals surface area contributed by atoms with E-state index >= 15 is 0 Å². The van der Waals surface area contributed by atoms with Gasteiger partial charge in [0.25, 0.3) is 0 Å². The Balaban J connectivity index is 1.79. The Bertz CT molecular complexity index is 696. The van der Waals surface area contributed by atoms with Crippen LogP contribution in [-0.4, -0.2) is 23.1 Å². The van der Waals surface area contributed by atoms with Crippen LogP contribution in [0.3, 0.4) is 0 Å². The summed E-state index contributed by atoms with van der Waals surface area (Å²) in [5.74, 6) is 2.27. The first-order chi connectivity index (χ1) is 11.6. The predicted molar refractivity (Wildman–Crippen MR) is 98.3 cm³/mol. The number of nitrogens with one attached hydrogen (secondary N) is 2. The van der Waals surface area contributed by atoms with Gasteiger partial charge in [0.2, 0.25) is 5.95 Å². The van der Waals surface area contributed by atoms with Crippen molar-refractivity contribution in [3.63, 3.8) is 0 Å². The summed E-state index contributed by atoms with van der Waals surface area (Å²) in [4.78, 5) is 9.15. The molecule has 2 aromatic rings. The molecule has 128 valence electrons. The van der Waals surface area contributed by atoms with E-state index in [4.69, 9.17) is 4.74 Å². The third-order valence-corrected chi connectivity index (χ3v) is 4.41. The van der Waals surface area contributed by atoms with Crippen LogP contribution in [0.4, 0.5) is 17.5 Å². The minimum absolute atomic E-state index is 0.523. The van der Waals surface area contributed by atoms with Crippen molar-refractivity contribution in [1.82, 2.24) is 9.97 Å². The number of rotatable bonds is 5. The van der Waals surface area contributed by atoms with Crippen LogP contribution in [-0.2, 0) is 0 Å². The average Bonchev–Trinajstić information content (AvgIpc) is 2.55. The maximum Gasteiger partial charge on any atom is 0.229 e. The Morgan fingerprint density at radius 1 is 1.04 bits per heavy atom. The van der Waals surface area contributed by atoms with Crippen molar-refractivity contribution >= 4 is 17.5 Å². The number of aromatic nitrogens is 2. The van der Waals surface area contributed by atoms with Gasteiger partial charge in [0.15, 0.2) is 0 Å². The molecular weight excluding hydrogens is 300 g/mol. The quantitative estimate of drug-likeness (QED) is 0.841. The maximum atomic E-state index is 5.42. The SMILES string of the molecule is COc1ccc(C)cc1Nc1nc(C)cc(NC2CCCCC2)n1. The highest BCUT2D eigenvalue weighted by Crippen LogP contribution is 2.28. The number of anilines is 3. The minimum Gasteiger partial charge on any atom is -0.495 e. The third-order valence-electron chi connectivity index (χ3n) is 4.41. The highest BCUT2D eigenvalue weighted by molar-refractivity contribution is 5.64. The van der Waals surface area contributed by atoms with Crippen LogP contribution >= 0.6 is 0 Å². The second-order valence-corrected chi connectivity index (χ2v) is 6.53. The molecule has 1 saturated carbocycles. The number of hydrogen-bond donors (Lipinski definition) is 2. The van der Waals surface area contributed by atoms with Crippen molar-refractivity contribution in [1.29, 1.82) is 0 Å². The van der Waals surface area contributed by atoms with E-state index < -0.39 is 0 Å². The Kier molecular flexibility index (Phi) is 5.18. The topological polar surface area (TPSA) is 59.1 Å². The Hall–Kier alpha value is -2.30. The number of benzene rings is 1. The minimum atomic E-state index is 0.523. The normalized spacial score (nSPS) is 15.1. The molecular formula is C19H26N4O. The lowest BCUT2D eigenvalue weighted by molar-refractivity contribution is 0.416. The zero-order valence-electron chi connectivity index (χ0n) is 14.7. The lowest BCUT2D eigenvalue weighted by atomic mass is 9.95. The van der Waals surface area contributed by atoms with Gasteiger partial charge in [-0.2, -0.15) is 4.98 Å². The summed E-state index contributed by atoms with van der Waals surface area (Å²) in [5.41, 5.74) is 2.98. The van der Waals surface area contributed by atoms with Crippen molar-refractivity contribution in [2.45, 2.75) is 52.0 Å². The Morgan fingerprint density at radius 3 is 2.58 bits per heavy atom. The monoisotopic (exact) mass is 326 g/mol. The Labute approximate surface area is 143 Å². The standard InChI is InChI=1S/C19H26N4O/c1-13-9-10-17(24-3)16(11-13)22-19-20-14(2)12-18(23-19)21-15-7-5-4-6-8-15/h9-12,15H,4-8H2,1-3H3,(H2,20,21,22,23). The van der Waals surface area contributed by atoms with E-state index in [0.717, 1.165) is 28.5 Å². The third kappa shape index (κ3) is 4.16. The summed E-state index contributed by atoms with van der Waals surface area (Å²) in [6.07, 6.45) is 6.39. The molecule has 1 fully saturated rings. The van der Waals surface area contributed by atoms with Gasteiger partial charge >= 0.3 is 0 Å². The molecule has 0 saturated heterocycles. The molecule has 1 heterocycles. The molecule has 5 heteroatoms. The van der Waals surface area contributed by atoms with E-state index in [-0.39, 0.29) is 0 Å². The van der Waals surface area contributed by atoms with Crippen LogP contribution in [0.5, 0.6) is 5.75 Å². The van der Waals surface area contributed by atoms with Crippen molar-refractivity contribution in [3.05, 3.63) is 35.5 Å². The molecule has 2 N–H and O–H groups in total. The number of methoxy groups -OCH3 is 1. The highest BCUT2D eigenvalue weighted by Gasteiger charge is 2.14. The summed E-state index contributed by atoms with van der Waals surface area (Å²) >= 11 is 0. The van der Waals surface area contributed by atoms with Crippen LogP contribution in [0.2, 0.25) is 0 Å². The highest BCUT2D eigenvalue weighted by atomic mass is 16.5. The molecule has 1 aromatic carbocycles. The molecule has 1 aliphatic rings. The van der Waals surface area contributed by atoms with Gasteiger partial charge in [-0.3, -0.25) is 0 Å². The molecule has 0 radical (unpaired) electrons. The molecule has 1 aliphatic carbocycles. The molecule has 24 heavy (non-hydrogen) atoms. The van der Waals surface area contributed by atoms with Gasteiger partial charge in [-0.1, -0.05) is 25.3 Å². The summed E-state index contributed by atoms with van der Waals surface area (Å²) < 4.78 is 5.42. The Morgan fingerprint density at radius 2 is 1.83 bits per heavy atom. The molecule has 0 aliphatic heterocycles. The van der Waals surface area contributed by atoms with Gasteiger partial charge in [0.05, 0.1) is 12.8 Å². The van der Waals surface area contributed by atoms with Crippen LogP contribution in [0.15, 0.2) is 24.3 Å². The summed E-state index contributed by atoms with van der Waals surface area (Å²) in [5, 5.41) is 6.86. The van der Waals surface area contributed by atoms with E-state index in [2.05, 4.69) is 27.5 Å². The van der Waals surface area contributed by atoms with Gasteiger partial charge in [-0.05, 0) is 44.4 Å². The van der Waals surface area contributed by atoms with Crippen molar-refractivity contribution in [3.8, 4) is 5.75 Å². The van der Waals surface area contributed by atoms with Crippen molar-refractivity contribution < 1.29 is 4.74 Å². The van der Waals surface area contributed by atoms with Crippen LogP contribution in [0.25, 0.3) is 0 Å². The molecule has 0 amide bonds. The lowest BCUT2D eigenvalue weighted by Crippen LogP contribution is -2.23. The zero-order valence-corrected chi connectivity index (χ0v) is 14.7. The van der Waals surface area contributed by atoms with Gasteiger partial charge < -0.3 is 15.4 Å². The fraction of sp³-hybridized carbons (Fsp3) is 0.474. The second-order valence-electron chi connectivity index (χ2n) is 6.53. The molecule has 1 aromatic heterocycles. The number of nitrogens with zero attached hydrogens (tertiary/aromatic N) is 2. The smallest absolute Gasteiger partial charge is 0.229 e. The van der Waals surface area contributed by atoms with Crippen LogP contribution in [0, 0.1) is 13.8 Å². The predicted octanol–water partition coefficient (Wildman–Crippen LogP) is 4.59. The van der Waals surface area contributed by atoms with Gasteiger partial charge in [-0.15, -0.1) is 0 Å². The molecule has 0 spiro atoms. The van der Waals surface area contributed by atoms with E-state index in [1.54, 1.807) is 7.11 Å². The fourth-order valence-corrected chi connectivity index (χ4v) is 3.19. The summed E-state index contributed by atoms with van der Waals surface area (Å²) in [6, 6.07) is 8.55. The number of aryl methyl sites for hydroxylation is 2. The molecule has 0 atom stereocenters. The molecule has 5 nitrogen and oxygen atoms in total. The first kappa shape index (κ1) is 16.6. The van der Waals surface area contributed by atoms with Crippen molar-refractivity contribution in [2.24, 2.45) is 0 Å². The molecule has 0 unspecified atom stereocenters. The number of hydrogen-bond acceptors (Lipinski definition) is 5. The largest absolute Gasteiger partial charge is 0.495 e. The summed E-state index contributed by atoms with van der Waals surface area (Å²) in [6.45, 7) is 4.05.